The van der Waals surface area contributed by atoms with Crippen LogP contribution < -0.4 is 19.6 Å². The number of methoxy groups -OCH3 is 2. The first-order chi connectivity index (χ1) is 13.6. The Morgan fingerprint density at radius 2 is 2.07 bits per heavy atom. The molecule has 0 saturated carbocycles. The number of rotatable bonds is 8. The van der Waals surface area contributed by atoms with Crippen molar-refractivity contribution in [3.05, 3.63) is 52.4 Å². The van der Waals surface area contributed by atoms with E-state index in [9.17, 15) is 0 Å². The van der Waals surface area contributed by atoms with Crippen LogP contribution in [0.1, 0.15) is 12.5 Å². The molecular weight excluding hydrogens is 398 g/mol. The van der Waals surface area contributed by atoms with E-state index in [2.05, 4.69) is 15.5 Å². The molecule has 28 heavy (non-hydrogen) atoms. The Balaban J connectivity index is 1.71. The van der Waals surface area contributed by atoms with Crippen LogP contribution >= 0.6 is 22.9 Å². The Labute approximate surface area is 172 Å². The first-order valence-corrected chi connectivity index (χ1v) is 9.79. The first kappa shape index (κ1) is 20.0. The summed E-state index contributed by atoms with van der Waals surface area (Å²) in [6.45, 7) is 2.40. The maximum atomic E-state index is 6.28. The molecule has 0 aliphatic rings. The maximum Gasteiger partial charge on any atom is 0.203 e. The second-order valence-corrected chi connectivity index (χ2v) is 6.87. The fraction of sp³-hybridized carbons (Fsp3) is 0.200. The van der Waals surface area contributed by atoms with E-state index >= 15 is 0 Å². The van der Waals surface area contributed by atoms with Gasteiger partial charge in [-0.3, -0.25) is 5.43 Å². The van der Waals surface area contributed by atoms with E-state index in [4.69, 9.17) is 25.8 Å². The Kier molecular flexibility index (Phi) is 6.73. The molecule has 0 amide bonds. The molecule has 6 nitrogen and oxygen atoms in total. The summed E-state index contributed by atoms with van der Waals surface area (Å²) in [6, 6.07) is 11.3. The summed E-state index contributed by atoms with van der Waals surface area (Å²) in [4.78, 5) is 4.54. The van der Waals surface area contributed by atoms with Gasteiger partial charge in [-0.25, -0.2) is 4.98 Å². The second-order valence-electron chi connectivity index (χ2n) is 5.61. The highest BCUT2D eigenvalue weighted by Crippen LogP contribution is 2.36. The highest BCUT2D eigenvalue weighted by molar-refractivity contribution is 7.14. The van der Waals surface area contributed by atoms with E-state index in [0.29, 0.717) is 28.3 Å². The fourth-order valence-corrected chi connectivity index (χ4v) is 3.44. The van der Waals surface area contributed by atoms with E-state index in [1.54, 1.807) is 26.5 Å². The number of nitrogens with zero attached hydrogens (tertiary/aromatic N) is 2. The van der Waals surface area contributed by atoms with Crippen LogP contribution in [0.4, 0.5) is 5.13 Å². The van der Waals surface area contributed by atoms with Gasteiger partial charge in [-0.15, -0.1) is 11.3 Å². The fourth-order valence-electron chi connectivity index (χ4n) is 2.50. The zero-order valence-corrected chi connectivity index (χ0v) is 17.3. The van der Waals surface area contributed by atoms with Gasteiger partial charge in [0.15, 0.2) is 11.5 Å². The third kappa shape index (κ3) is 4.74. The van der Waals surface area contributed by atoms with Crippen molar-refractivity contribution in [2.45, 2.75) is 6.92 Å². The van der Waals surface area contributed by atoms with Crippen LogP contribution in [-0.4, -0.2) is 32.0 Å². The average molecular weight is 418 g/mol. The molecule has 0 atom stereocenters. The number of benzene rings is 2. The van der Waals surface area contributed by atoms with E-state index in [-0.39, 0.29) is 0 Å². The van der Waals surface area contributed by atoms with Crippen LogP contribution in [0.25, 0.3) is 11.3 Å². The third-order valence-corrected chi connectivity index (χ3v) is 4.81. The maximum absolute atomic E-state index is 6.28. The topological polar surface area (TPSA) is 65.0 Å². The SMILES string of the molecule is CCOc1c(Cl)cc(/C=N\Nc2nc(-c3cccc(OC)c3)cs2)cc1OC. The van der Waals surface area contributed by atoms with Gasteiger partial charge < -0.3 is 14.2 Å². The van der Waals surface area contributed by atoms with Crippen LogP contribution in [0.3, 0.4) is 0 Å². The second kappa shape index (κ2) is 9.43. The highest BCUT2D eigenvalue weighted by atomic mass is 35.5. The van der Waals surface area contributed by atoms with E-state index in [1.165, 1.54) is 11.3 Å². The number of aromatic nitrogens is 1. The summed E-state index contributed by atoms with van der Waals surface area (Å²) in [7, 11) is 3.22. The van der Waals surface area contributed by atoms with Crippen molar-refractivity contribution in [3.63, 3.8) is 0 Å². The number of thiazole rings is 1. The number of anilines is 1. The van der Waals surface area contributed by atoms with E-state index in [0.717, 1.165) is 22.6 Å². The Morgan fingerprint density at radius 3 is 2.82 bits per heavy atom. The van der Waals surface area contributed by atoms with Gasteiger partial charge >= 0.3 is 0 Å². The molecular formula is C20H20ClN3O3S. The summed E-state index contributed by atoms with van der Waals surface area (Å²) in [6.07, 6.45) is 1.65. The zero-order chi connectivity index (χ0) is 19.9. The Morgan fingerprint density at radius 1 is 1.21 bits per heavy atom. The quantitative estimate of drug-likeness (QED) is 0.396. The number of ether oxygens (including phenoxy) is 3. The molecule has 0 aliphatic heterocycles. The molecule has 3 rings (SSSR count). The molecule has 146 valence electrons. The van der Waals surface area contributed by atoms with Gasteiger partial charge in [-0.2, -0.15) is 5.10 Å². The van der Waals surface area contributed by atoms with Crippen molar-refractivity contribution in [1.82, 2.24) is 4.98 Å². The number of hydrazone groups is 1. The normalized spacial score (nSPS) is 10.9. The Hall–Kier alpha value is -2.77. The van der Waals surface area contributed by atoms with Crippen molar-refractivity contribution < 1.29 is 14.2 Å². The largest absolute Gasteiger partial charge is 0.497 e. The number of halogens is 1. The predicted octanol–water partition coefficient (Wildman–Crippen LogP) is 5.33. The lowest BCUT2D eigenvalue weighted by Gasteiger charge is -2.11. The Bertz CT molecular complexity index is 975. The van der Waals surface area contributed by atoms with Crippen molar-refractivity contribution >= 4 is 34.3 Å². The molecule has 1 aromatic heterocycles. The van der Waals surface area contributed by atoms with Crippen LogP contribution in [0, 0.1) is 0 Å². The summed E-state index contributed by atoms with van der Waals surface area (Å²) in [5, 5.41) is 7.35. The molecule has 1 N–H and O–H groups in total. The van der Waals surface area contributed by atoms with Crippen LogP contribution in [0.5, 0.6) is 17.2 Å². The van der Waals surface area contributed by atoms with Gasteiger partial charge in [0.05, 0.1) is 37.8 Å². The van der Waals surface area contributed by atoms with Crippen LogP contribution in [-0.2, 0) is 0 Å². The molecule has 0 bridgehead atoms. The molecule has 1 heterocycles. The summed E-state index contributed by atoms with van der Waals surface area (Å²) < 4.78 is 16.1. The van der Waals surface area contributed by atoms with Crippen molar-refractivity contribution in [3.8, 4) is 28.5 Å². The van der Waals surface area contributed by atoms with Crippen LogP contribution in [0.15, 0.2) is 46.9 Å². The zero-order valence-electron chi connectivity index (χ0n) is 15.7. The van der Waals surface area contributed by atoms with Crippen molar-refractivity contribution in [1.29, 1.82) is 0 Å². The van der Waals surface area contributed by atoms with Gasteiger partial charge in [0.25, 0.3) is 0 Å². The van der Waals surface area contributed by atoms with Gasteiger partial charge in [0.1, 0.15) is 5.75 Å². The third-order valence-electron chi connectivity index (χ3n) is 3.78. The molecule has 0 aliphatic carbocycles. The standard InChI is InChI=1S/C20H20ClN3O3S/c1-4-27-19-16(21)8-13(9-18(19)26-3)11-22-24-20-23-17(12-28-20)14-6-5-7-15(10-14)25-2/h5-12H,4H2,1-3H3,(H,23,24)/b22-11-. The lowest BCUT2D eigenvalue weighted by atomic mass is 10.2. The van der Waals surface area contributed by atoms with Gasteiger partial charge in [0.2, 0.25) is 5.13 Å². The minimum absolute atomic E-state index is 0.470. The molecule has 0 radical (unpaired) electrons. The minimum Gasteiger partial charge on any atom is -0.497 e. The molecule has 3 aromatic rings. The van der Waals surface area contributed by atoms with E-state index < -0.39 is 0 Å². The molecule has 0 fully saturated rings. The van der Waals surface area contributed by atoms with Gasteiger partial charge in [0, 0.05) is 10.9 Å². The number of nitrogens with one attached hydrogen (secondary N) is 1. The summed E-state index contributed by atoms with van der Waals surface area (Å²) in [5.41, 5.74) is 5.56. The molecule has 0 unspecified atom stereocenters. The number of hydrogen-bond acceptors (Lipinski definition) is 7. The highest BCUT2D eigenvalue weighted by Gasteiger charge is 2.11. The van der Waals surface area contributed by atoms with Gasteiger partial charge in [-0.1, -0.05) is 23.7 Å². The van der Waals surface area contributed by atoms with Crippen LogP contribution in [0.2, 0.25) is 5.02 Å². The molecule has 8 heteroatoms. The molecule has 0 spiro atoms. The smallest absolute Gasteiger partial charge is 0.203 e. The van der Waals surface area contributed by atoms with Crippen molar-refractivity contribution in [2.75, 3.05) is 26.3 Å². The molecule has 0 saturated heterocycles. The lowest BCUT2D eigenvalue weighted by Crippen LogP contribution is -1.98. The lowest BCUT2D eigenvalue weighted by molar-refractivity contribution is 0.311. The minimum atomic E-state index is 0.470. The number of hydrogen-bond donors (Lipinski definition) is 1. The summed E-state index contributed by atoms with van der Waals surface area (Å²) in [5.74, 6) is 1.88. The molecule has 2 aromatic carbocycles. The average Bonchev–Trinajstić information content (AvgIpc) is 3.19. The summed E-state index contributed by atoms with van der Waals surface area (Å²) >= 11 is 7.74. The van der Waals surface area contributed by atoms with Gasteiger partial charge in [-0.05, 0) is 36.8 Å². The first-order valence-electron chi connectivity index (χ1n) is 8.54. The van der Waals surface area contributed by atoms with E-state index in [1.807, 2.05) is 42.6 Å². The predicted molar refractivity (Wildman–Crippen MR) is 114 cm³/mol. The monoisotopic (exact) mass is 417 g/mol. The van der Waals surface area contributed by atoms with Crippen molar-refractivity contribution in [2.24, 2.45) is 5.10 Å².